The summed E-state index contributed by atoms with van der Waals surface area (Å²) in [4.78, 5) is 73.8. The molecule has 14 nitrogen and oxygen atoms in total. The first kappa shape index (κ1) is 45.4. The van der Waals surface area contributed by atoms with Gasteiger partial charge in [0.05, 0.1) is 0 Å². The molecule has 1 aliphatic carbocycles. The SMILES string of the molecule is CO/N=C(\C(=O)NC1C(=O)N2C(C(=O)OC(Sc3ccncc3)N(C(=O)OC(C)(C)C)C3CCCC3)=CCS[C@@H]12)c1csc(NC(c2ccccc2)(c2ccccc2)c2ccccc2)n1. The number of oxime groups is 1. The number of aromatic nitrogens is 2. The topological polar surface area (TPSA) is 165 Å². The lowest BCUT2D eigenvalue weighted by Gasteiger charge is -2.48. The number of hydrogen-bond acceptors (Lipinski definition) is 14. The smallest absolute Gasteiger partial charge is 0.414 e. The number of esters is 1. The summed E-state index contributed by atoms with van der Waals surface area (Å²) >= 11 is 3.87. The van der Waals surface area contributed by atoms with E-state index in [9.17, 15) is 19.2 Å². The molecular formula is C48H49N7O7S3. The molecular weight excluding hydrogens is 883 g/mol. The molecule has 2 unspecified atom stereocenters. The maximum Gasteiger partial charge on any atom is 0.414 e. The molecule has 2 aliphatic heterocycles. The minimum Gasteiger partial charge on any atom is -0.444 e. The second-order valence-corrected chi connectivity index (χ2v) is 19.6. The van der Waals surface area contributed by atoms with Crippen LogP contribution in [0.1, 0.15) is 68.8 Å². The van der Waals surface area contributed by atoms with Crippen LogP contribution in [0.4, 0.5) is 9.93 Å². The number of β-lactam (4-membered cyclic amide) rings is 1. The van der Waals surface area contributed by atoms with Crippen molar-refractivity contribution in [1.29, 1.82) is 0 Å². The standard InChI is InChI=1S/C48H49N7O7S3/c1-47(2,3)62-45(59)54(34-22-14-15-23-34)46(65-35-24-27-49-28-25-35)61-43(58)37-26-29-63-42-39(41(57)55(37)42)51-40(56)38(53-60-4)36-30-64-44(50-36)52-48(31-16-8-5-9-17-31,32-18-10-6-11-19-32)33-20-12-7-13-21-33/h5-13,16-21,24-28,30,34,39,42,46H,14-15,22-23,29H2,1-4H3,(H,50,52)(H,51,56)/b53-38-/t39?,42-,46?/m0/s1. The third kappa shape index (κ3) is 9.92. The molecule has 3 amide bonds. The predicted octanol–water partition coefficient (Wildman–Crippen LogP) is 8.38. The fraction of sp³-hybridized carbons (Fsp3) is 0.312. The molecule has 2 fully saturated rings. The van der Waals surface area contributed by atoms with Crippen molar-refractivity contribution in [3.05, 3.63) is 155 Å². The number of hydrogen-bond donors (Lipinski definition) is 2. The molecule has 3 atom stereocenters. The predicted molar refractivity (Wildman–Crippen MR) is 252 cm³/mol. The maximum absolute atomic E-state index is 14.2. The number of pyridine rings is 1. The van der Waals surface area contributed by atoms with Gasteiger partial charge in [0, 0.05) is 34.5 Å². The minimum atomic E-state index is -1.12. The molecule has 3 aliphatic rings. The molecule has 65 heavy (non-hydrogen) atoms. The third-order valence-electron chi connectivity index (χ3n) is 11.0. The van der Waals surface area contributed by atoms with Crippen LogP contribution < -0.4 is 10.6 Å². The van der Waals surface area contributed by atoms with Gasteiger partial charge in [0.25, 0.3) is 11.8 Å². The lowest BCUT2D eigenvalue weighted by Crippen LogP contribution is -2.70. The van der Waals surface area contributed by atoms with Crippen molar-refractivity contribution >= 4 is 69.6 Å². The zero-order valence-electron chi connectivity index (χ0n) is 36.3. The van der Waals surface area contributed by atoms with Crippen molar-refractivity contribution in [2.45, 2.75) is 85.5 Å². The van der Waals surface area contributed by atoms with Crippen LogP contribution in [0, 0.1) is 0 Å². The molecule has 17 heteroatoms. The number of ether oxygens (including phenoxy) is 2. The van der Waals surface area contributed by atoms with Crippen molar-refractivity contribution in [2.24, 2.45) is 5.16 Å². The number of carbonyl (C=O) groups excluding carboxylic acids is 4. The van der Waals surface area contributed by atoms with Crippen LogP contribution in [-0.4, -0.2) is 90.8 Å². The number of carbonyl (C=O) groups is 4. The first-order valence-corrected chi connectivity index (χ1v) is 24.0. The number of benzene rings is 3. The van der Waals surface area contributed by atoms with Crippen molar-refractivity contribution in [3.8, 4) is 0 Å². The molecule has 2 N–H and O–H groups in total. The molecule has 8 rings (SSSR count). The number of thiazole rings is 1. The van der Waals surface area contributed by atoms with Gasteiger partial charge in [-0.15, -0.1) is 23.1 Å². The van der Waals surface area contributed by atoms with Gasteiger partial charge in [-0.25, -0.2) is 14.6 Å². The maximum atomic E-state index is 14.2. The summed E-state index contributed by atoms with van der Waals surface area (Å²) in [5.41, 5.74) is 0.281. The summed E-state index contributed by atoms with van der Waals surface area (Å²) in [6.45, 7) is 5.36. The summed E-state index contributed by atoms with van der Waals surface area (Å²) in [6.07, 6.45) is 7.54. The van der Waals surface area contributed by atoms with Crippen molar-refractivity contribution in [2.75, 3.05) is 18.2 Å². The lowest BCUT2D eigenvalue weighted by molar-refractivity contribution is -0.156. The number of fused-ring (bicyclic) bond motifs is 1. The van der Waals surface area contributed by atoms with Crippen LogP contribution in [0.3, 0.4) is 0 Å². The lowest BCUT2D eigenvalue weighted by atomic mass is 9.77. The second-order valence-electron chi connectivity index (χ2n) is 16.4. The van der Waals surface area contributed by atoms with Gasteiger partial charge in [0.1, 0.15) is 41.1 Å². The Labute approximate surface area is 390 Å². The normalized spacial score (nSPS) is 18.1. The van der Waals surface area contributed by atoms with Gasteiger partial charge in [-0.05, 0) is 68.5 Å². The fourth-order valence-electron chi connectivity index (χ4n) is 8.14. The largest absolute Gasteiger partial charge is 0.444 e. The highest BCUT2D eigenvalue weighted by Gasteiger charge is 2.54. The van der Waals surface area contributed by atoms with E-state index in [0.29, 0.717) is 10.9 Å². The number of nitrogens with zero attached hydrogens (tertiary/aromatic N) is 5. The van der Waals surface area contributed by atoms with E-state index in [2.05, 4.69) is 57.2 Å². The monoisotopic (exact) mass is 931 g/mol. The Morgan fingerprint density at radius 3 is 2.06 bits per heavy atom. The van der Waals surface area contributed by atoms with E-state index in [1.54, 1.807) is 56.8 Å². The van der Waals surface area contributed by atoms with Gasteiger partial charge < -0.3 is 24.9 Å². The van der Waals surface area contributed by atoms with E-state index in [-0.39, 0.29) is 23.1 Å². The minimum absolute atomic E-state index is 0.0277. The zero-order valence-corrected chi connectivity index (χ0v) is 38.7. The van der Waals surface area contributed by atoms with Gasteiger partial charge in [-0.1, -0.05) is 121 Å². The molecule has 4 heterocycles. The number of anilines is 1. The summed E-state index contributed by atoms with van der Waals surface area (Å²) in [5.74, 6) is -1.61. The fourth-order valence-corrected chi connectivity index (χ4v) is 11.1. The van der Waals surface area contributed by atoms with Crippen molar-refractivity contribution < 1.29 is 33.5 Å². The number of amides is 3. The molecule has 336 valence electrons. The Morgan fingerprint density at radius 1 is 0.892 bits per heavy atom. The molecule has 1 saturated heterocycles. The summed E-state index contributed by atoms with van der Waals surface area (Å²) in [7, 11) is 1.33. The van der Waals surface area contributed by atoms with Crippen LogP contribution >= 0.6 is 34.9 Å². The molecule has 0 bridgehead atoms. The number of thioether (sulfide) groups is 2. The van der Waals surface area contributed by atoms with Crippen LogP contribution in [0.5, 0.6) is 0 Å². The molecule has 3 aromatic carbocycles. The average molecular weight is 932 g/mol. The number of rotatable bonds is 15. The highest BCUT2D eigenvalue weighted by molar-refractivity contribution is 8.00. The van der Waals surface area contributed by atoms with Gasteiger partial charge >= 0.3 is 12.1 Å². The van der Waals surface area contributed by atoms with Crippen LogP contribution in [0.15, 0.2) is 143 Å². The molecule has 1 saturated carbocycles. The van der Waals surface area contributed by atoms with Crippen molar-refractivity contribution in [1.82, 2.24) is 25.1 Å². The Kier molecular flexibility index (Phi) is 13.9. The van der Waals surface area contributed by atoms with E-state index in [1.165, 1.54) is 51.8 Å². The summed E-state index contributed by atoms with van der Waals surface area (Å²) in [5, 5.41) is 12.2. The van der Waals surface area contributed by atoms with Crippen LogP contribution in [-0.2, 0) is 34.2 Å². The Morgan fingerprint density at radius 2 is 1.49 bits per heavy atom. The van der Waals surface area contributed by atoms with Gasteiger partial charge in [0.2, 0.25) is 5.56 Å². The van der Waals surface area contributed by atoms with Gasteiger partial charge in [0.15, 0.2) is 10.8 Å². The van der Waals surface area contributed by atoms with E-state index < -0.39 is 52.0 Å². The highest BCUT2D eigenvalue weighted by atomic mass is 32.2. The second kappa shape index (κ2) is 19.9. The molecule has 0 spiro atoms. The van der Waals surface area contributed by atoms with E-state index >= 15 is 0 Å². The van der Waals surface area contributed by atoms with E-state index in [1.807, 2.05) is 54.6 Å². The quantitative estimate of drug-likeness (QED) is 0.0196. The van der Waals surface area contributed by atoms with Gasteiger partial charge in [-0.3, -0.25) is 24.4 Å². The van der Waals surface area contributed by atoms with Gasteiger partial charge in [-0.2, -0.15) is 0 Å². The zero-order chi connectivity index (χ0) is 45.6. The molecule has 2 aromatic heterocycles. The summed E-state index contributed by atoms with van der Waals surface area (Å²) < 4.78 is 12.0. The highest BCUT2D eigenvalue weighted by Crippen LogP contribution is 2.42. The third-order valence-corrected chi connectivity index (χ3v) is 14.1. The average Bonchev–Trinajstić information content (AvgIpc) is 4.02. The number of nitrogens with one attached hydrogen (secondary N) is 2. The molecule has 5 aromatic rings. The Balaban J connectivity index is 1.00. The first-order valence-electron chi connectivity index (χ1n) is 21.2. The molecule has 0 radical (unpaired) electrons. The van der Waals surface area contributed by atoms with Crippen LogP contribution in [0.2, 0.25) is 0 Å². The van der Waals surface area contributed by atoms with E-state index in [4.69, 9.17) is 19.3 Å². The Hall–Kier alpha value is -6.17. The first-order chi connectivity index (χ1) is 31.5. The van der Waals surface area contributed by atoms with Crippen molar-refractivity contribution in [3.63, 3.8) is 0 Å². The van der Waals surface area contributed by atoms with Crippen LogP contribution in [0.25, 0.3) is 0 Å². The summed E-state index contributed by atoms with van der Waals surface area (Å²) in [6, 6.07) is 32.5. The van der Waals surface area contributed by atoms with E-state index in [0.717, 1.165) is 47.3 Å². The Bertz CT molecular complexity index is 2440.